The van der Waals surface area contributed by atoms with Crippen LogP contribution in [0.1, 0.15) is 72.6 Å². The summed E-state index contributed by atoms with van der Waals surface area (Å²) in [6.45, 7) is 8.90. The van der Waals surface area contributed by atoms with Crippen LogP contribution in [-0.2, 0) is 9.59 Å². The number of unbranched alkanes of at least 4 members (excludes halogenated alkanes) is 4. The van der Waals surface area contributed by atoms with E-state index in [1.807, 2.05) is 13.8 Å². The molecule has 2 amide bonds. The second-order valence-electron chi connectivity index (χ2n) is 6.82. The molecule has 3 unspecified atom stereocenters. The summed E-state index contributed by atoms with van der Waals surface area (Å²) in [6, 6.07) is -0.714. The van der Waals surface area contributed by atoms with Crippen molar-refractivity contribution in [3.05, 3.63) is 0 Å². The molecule has 1 fully saturated rings. The lowest BCUT2D eigenvalue weighted by Gasteiger charge is -2.43. The first-order valence-corrected chi connectivity index (χ1v) is 9.19. The van der Waals surface area contributed by atoms with Crippen LogP contribution in [0.15, 0.2) is 0 Å². The molecular weight excluding hydrogens is 292 g/mol. The Morgan fingerprint density at radius 3 is 1.83 bits per heavy atom. The van der Waals surface area contributed by atoms with Crippen LogP contribution in [0.2, 0.25) is 0 Å². The molecule has 0 radical (unpaired) electrons. The Bertz CT molecular complexity index is 384. The summed E-state index contributed by atoms with van der Waals surface area (Å²) in [6.07, 6.45) is 6.56. The number of hydrogen-bond acceptors (Lipinski definition) is 3. The molecule has 0 saturated carbocycles. The minimum absolute atomic E-state index is 0.0599. The molecule has 0 aromatic heterocycles. The Labute approximate surface area is 141 Å². The molecule has 1 aliphatic heterocycles. The molecule has 1 aliphatic rings. The van der Waals surface area contributed by atoms with E-state index in [9.17, 15) is 14.7 Å². The average molecular weight is 326 g/mol. The SMILES string of the molecule is CCCCCCN1C(=O)C(C)N(CCCCC(C)O)C(=O)C1C. The summed E-state index contributed by atoms with van der Waals surface area (Å²) in [5.41, 5.74) is 0. The van der Waals surface area contributed by atoms with Gasteiger partial charge in [0.1, 0.15) is 12.1 Å². The fraction of sp³-hybridized carbons (Fsp3) is 0.889. The summed E-state index contributed by atoms with van der Waals surface area (Å²) in [5.74, 6) is 0.133. The second-order valence-corrected chi connectivity index (χ2v) is 6.82. The molecule has 0 aromatic rings. The summed E-state index contributed by atoms with van der Waals surface area (Å²) in [7, 11) is 0. The molecular formula is C18H34N2O3. The second kappa shape index (κ2) is 9.91. The van der Waals surface area contributed by atoms with Crippen LogP contribution in [-0.4, -0.2) is 58.0 Å². The van der Waals surface area contributed by atoms with E-state index in [1.165, 1.54) is 12.8 Å². The predicted octanol–water partition coefficient (Wildman–Crippen LogP) is 2.57. The van der Waals surface area contributed by atoms with Gasteiger partial charge in [-0.1, -0.05) is 26.2 Å². The number of carbonyl (C=O) groups excluding carboxylic acids is 2. The maximum Gasteiger partial charge on any atom is 0.245 e. The molecule has 0 bridgehead atoms. The number of piperazine rings is 1. The highest BCUT2D eigenvalue weighted by atomic mass is 16.3. The molecule has 0 aliphatic carbocycles. The Balaban J connectivity index is 2.53. The topological polar surface area (TPSA) is 60.9 Å². The first-order valence-electron chi connectivity index (χ1n) is 9.19. The minimum Gasteiger partial charge on any atom is -0.393 e. The van der Waals surface area contributed by atoms with Gasteiger partial charge in [0.25, 0.3) is 0 Å². The van der Waals surface area contributed by atoms with Gasteiger partial charge in [0.05, 0.1) is 6.10 Å². The highest BCUT2D eigenvalue weighted by Crippen LogP contribution is 2.20. The van der Waals surface area contributed by atoms with Crippen molar-refractivity contribution >= 4 is 11.8 Å². The van der Waals surface area contributed by atoms with Crippen LogP contribution >= 0.6 is 0 Å². The normalized spacial score (nSPS) is 23.5. The van der Waals surface area contributed by atoms with Crippen molar-refractivity contribution in [3.8, 4) is 0 Å². The lowest BCUT2D eigenvalue weighted by molar-refractivity contribution is -0.160. The molecule has 5 heteroatoms. The molecule has 3 atom stereocenters. The van der Waals surface area contributed by atoms with Gasteiger partial charge in [-0.3, -0.25) is 9.59 Å². The third kappa shape index (κ3) is 5.79. The van der Waals surface area contributed by atoms with Gasteiger partial charge in [-0.25, -0.2) is 0 Å². The molecule has 1 saturated heterocycles. The summed E-state index contributed by atoms with van der Waals surface area (Å²) >= 11 is 0. The van der Waals surface area contributed by atoms with Gasteiger partial charge >= 0.3 is 0 Å². The number of carbonyl (C=O) groups is 2. The van der Waals surface area contributed by atoms with Crippen LogP contribution in [0.5, 0.6) is 0 Å². The number of rotatable bonds is 10. The molecule has 0 aromatic carbocycles. The average Bonchev–Trinajstić information content (AvgIpc) is 2.51. The van der Waals surface area contributed by atoms with Crippen molar-refractivity contribution in [1.29, 1.82) is 0 Å². The first kappa shape index (κ1) is 19.9. The monoisotopic (exact) mass is 326 g/mol. The highest BCUT2D eigenvalue weighted by Gasteiger charge is 2.40. The number of hydrogen-bond donors (Lipinski definition) is 1. The van der Waals surface area contributed by atoms with Crippen LogP contribution in [0, 0.1) is 0 Å². The summed E-state index contributed by atoms with van der Waals surface area (Å²) < 4.78 is 0. The van der Waals surface area contributed by atoms with Crippen LogP contribution < -0.4 is 0 Å². The number of aliphatic hydroxyl groups is 1. The van der Waals surface area contributed by atoms with E-state index in [4.69, 9.17) is 0 Å². The summed E-state index contributed by atoms with van der Waals surface area (Å²) in [4.78, 5) is 28.7. The lowest BCUT2D eigenvalue weighted by Crippen LogP contribution is -2.63. The van der Waals surface area contributed by atoms with Crippen molar-refractivity contribution in [2.24, 2.45) is 0 Å². The smallest absolute Gasteiger partial charge is 0.245 e. The standard InChI is InChI=1S/C18H34N2O3/c1-5-6-7-9-12-19-15(3)18(23)20(16(4)17(19)22)13-10-8-11-14(2)21/h14-16,21H,5-13H2,1-4H3. The third-order valence-corrected chi connectivity index (χ3v) is 4.74. The van der Waals surface area contributed by atoms with Gasteiger partial charge in [-0.2, -0.15) is 0 Å². The van der Waals surface area contributed by atoms with Gasteiger partial charge in [-0.15, -0.1) is 0 Å². The lowest BCUT2D eigenvalue weighted by atomic mass is 10.0. The fourth-order valence-electron chi connectivity index (χ4n) is 3.17. The number of amides is 2. The fourth-order valence-corrected chi connectivity index (χ4v) is 3.17. The largest absolute Gasteiger partial charge is 0.393 e. The van der Waals surface area contributed by atoms with E-state index >= 15 is 0 Å². The van der Waals surface area contributed by atoms with E-state index in [0.717, 1.165) is 32.1 Å². The van der Waals surface area contributed by atoms with Gasteiger partial charge in [-0.05, 0) is 46.5 Å². The third-order valence-electron chi connectivity index (χ3n) is 4.74. The van der Waals surface area contributed by atoms with E-state index in [2.05, 4.69) is 6.92 Å². The Morgan fingerprint density at radius 2 is 1.39 bits per heavy atom. The molecule has 5 nitrogen and oxygen atoms in total. The Hall–Kier alpha value is -1.10. The molecule has 134 valence electrons. The maximum atomic E-state index is 12.6. The van der Waals surface area contributed by atoms with Crippen LogP contribution in [0.25, 0.3) is 0 Å². The van der Waals surface area contributed by atoms with E-state index in [-0.39, 0.29) is 30.0 Å². The highest BCUT2D eigenvalue weighted by molar-refractivity contribution is 5.96. The molecule has 1 rings (SSSR count). The Morgan fingerprint density at radius 1 is 0.913 bits per heavy atom. The van der Waals surface area contributed by atoms with Crippen LogP contribution in [0.3, 0.4) is 0 Å². The zero-order valence-corrected chi connectivity index (χ0v) is 15.3. The van der Waals surface area contributed by atoms with E-state index < -0.39 is 0 Å². The van der Waals surface area contributed by atoms with E-state index in [0.29, 0.717) is 13.1 Å². The Kier molecular flexibility index (Phi) is 8.59. The van der Waals surface area contributed by atoms with Gasteiger partial charge in [0.2, 0.25) is 11.8 Å². The zero-order chi connectivity index (χ0) is 17.4. The number of nitrogens with zero attached hydrogens (tertiary/aromatic N) is 2. The quantitative estimate of drug-likeness (QED) is 0.628. The van der Waals surface area contributed by atoms with Crippen molar-refractivity contribution in [2.45, 2.75) is 90.8 Å². The van der Waals surface area contributed by atoms with Crippen LogP contribution in [0.4, 0.5) is 0 Å². The van der Waals surface area contributed by atoms with Gasteiger partial charge < -0.3 is 14.9 Å². The molecule has 0 spiro atoms. The zero-order valence-electron chi connectivity index (χ0n) is 15.3. The van der Waals surface area contributed by atoms with E-state index in [1.54, 1.807) is 16.7 Å². The maximum absolute atomic E-state index is 12.6. The van der Waals surface area contributed by atoms with Crippen molar-refractivity contribution in [2.75, 3.05) is 13.1 Å². The van der Waals surface area contributed by atoms with Gasteiger partial charge in [0, 0.05) is 13.1 Å². The van der Waals surface area contributed by atoms with Crippen molar-refractivity contribution in [1.82, 2.24) is 9.80 Å². The molecule has 1 heterocycles. The summed E-state index contributed by atoms with van der Waals surface area (Å²) in [5, 5.41) is 9.29. The number of aliphatic hydroxyl groups excluding tert-OH is 1. The predicted molar refractivity (Wildman–Crippen MR) is 92.0 cm³/mol. The van der Waals surface area contributed by atoms with Crippen molar-refractivity contribution < 1.29 is 14.7 Å². The molecule has 23 heavy (non-hydrogen) atoms. The minimum atomic E-state index is -0.364. The molecule has 1 N–H and O–H groups in total. The first-order chi connectivity index (χ1) is 10.9. The van der Waals surface area contributed by atoms with Crippen molar-refractivity contribution in [3.63, 3.8) is 0 Å². The van der Waals surface area contributed by atoms with Gasteiger partial charge in [0.15, 0.2) is 0 Å².